The van der Waals surface area contributed by atoms with E-state index in [1.165, 1.54) is 0 Å². The molecule has 1 aliphatic heterocycles. The number of amides is 1. The van der Waals surface area contributed by atoms with Crippen LogP contribution in [0.2, 0.25) is 0 Å². The fourth-order valence-electron chi connectivity index (χ4n) is 2.66. The second kappa shape index (κ2) is 7.29. The molecule has 1 aromatic carbocycles. The number of phenolic OH excluding ortho intramolecular Hbond substituents is 1. The number of nitrogens with one attached hydrogen (secondary N) is 1. The number of hydrogen-bond acceptors (Lipinski definition) is 3. The lowest BCUT2D eigenvalue weighted by atomic mass is 9.97. The van der Waals surface area contributed by atoms with Crippen molar-refractivity contribution in [2.75, 3.05) is 26.2 Å². The number of rotatable bonds is 5. The molecule has 4 heteroatoms. The van der Waals surface area contributed by atoms with E-state index in [1.54, 1.807) is 18.2 Å². The van der Waals surface area contributed by atoms with Crippen molar-refractivity contribution in [1.82, 2.24) is 10.2 Å². The molecule has 1 aromatic rings. The Bertz CT molecular complexity index is 440. The topological polar surface area (TPSA) is 52.6 Å². The molecule has 110 valence electrons. The Morgan fingerprint density at radius 2 is 2.05 bits per heavy atom. The first-order valence-corrected chi connectivity index (χ1v) is 7.45. The van der Waals surface area contributed by atoms with Crippen molar-refractivity contribution >= 4 is 5.91 Å². The van der Waals surface area contributed by atoms with Gasteiger partial charge in [0, 0.05) is 12.1 Å². The summed E-state index contributed by atoms with van der Waals surface area (Å²) in [6.07, 6.45) is 2.57. The number of para-hydroxylation sites is 1. The molecule has 1 heterocycles. The summed E-state index contributed by atoms with van der Waals surface area (Å²) >= 11 is 0. The van der Waals surface area contributed by atoms with E-state index < -0.39 is 0 Å². The molecule has 1 amide bonds. The zero-order chi connectivity index (χ0) is 14.4. The van der Waals surface area contributed by atoms with Crippen molar-refractivity contribution in [1.29, 1.82) is 0 Å². The number of nitrogens with zero attached hydrogens (tertiary/aromatic N) is 1. The van der Waals surface area contributed by atoms with Crippen LogP contribution in [-0.2, 0) is 11.2 Å². The van der Waals surface area contributed by atoms with Crippen LogP contribution in [0.25, 0.3) is 0 Å². The van der Waals surface area contributed by atoms with Crippen LogP contribution in [0.15, 0.2) is 24.3 Å². The van der Waals surface area contributed by atoms with Gasteiger partial charge in [-0.05, 0) is 44.5 Å². The molecule has 1 saturated heterocycles. The largest absolute Gasteiger partial charge is 0.508 e. The van der Waals surface area contributed by atoms with E-state index in [0.29, 0.717) is 11.5 Å². The highest BCUT2D eigenvalue weighted by Gasteiger charge is 2.18. The molecule has 0 atom stereocenters. The Morgan fingerprint density at radius 1 is 1.35 bits per heavy atom. The van der Waals surface area contributed by atoms with E-state index in [0.717, 1.165) is 39.0 Å². The number of aromatic hydroxyl groups is 1. The van der Waals surface area contributed by atoms with Gasteiger partial charge in [0.1, 0.15) is 5.75 Å². The Hall–Kier alpha value is -1.55. The first kappa shape index (κ1) is 14.9. The maximum atomic E-state index is 11.9. The fraction of sp³-hybridized carbons (Fsp3) is 0.562. The van der Waals surface area contributed by atoms with Crippen molar-refractivity contribution in [3.63, 3.8) is 0 Å². The molecule has 20 heavy (non-hydrogen) atoms. The second-order valence-electron chi connectivity index (χ2n) is 5.49. The van der Waals surface area contributed by atoms with E-state index in [1.807, 2.05) is 6.07 Å². The van der Waals surface area contributed by atoms with Gasteiger partial charge in [-0.25, -0.2) is 0 Å². The lowest BCUT2D eigenvalue weighted by Gasteiger charge is -2.31. The Kier molecular flexibility index (Phi) is 5.41. The van der Waals surface area contributed by atoms with Crippen LogP contribution in [0.5, 0.6) is 5.75 Å². The Labute approximate surface area is 120 Å². The molecule has 0 aliphatic carbocycles. The molecule has 0 saturated carbocycles. The summed E-state index contributed by atoms with van der Waals surface area (Å²) in [5.41, 5.74) is 0.686. The predicted molar refractivity (Wildman–Crippen MR) is 79.7 cm³/mol. The van der Waals surface area contributed by atoms with Crippen molar-refractivity contribution in [3.05, 3.63) is 29.8 Å². The molecule has 0 bridgehead atoms. The molecular formula is C16H24N2O2. The highest BCUT2D eigenvalue weighted by Crippen LogP contribution is 2.17. The summed E-state index contributed by atoms with van der Waals surface area (Å²) in [5.74, 6) is 0.773. The number of likely N-dealkylation sites (tertiary alicyclic amines) is 1. The van der Waals surface area contributed by atoms with Crippen LogP contribution in [0, 0.1) is 5.92 Å². The van der Waals surface area contributed by atoms with E-state index >= 15 is 0 Å². The standard InChI is InChI=1S/C16H24N2O2/c1-2-18-9-7-13(8-10-18)12-17-16(20)11-14-5-3-4-6-15(14)19/h3-6,13,19H,2,7-12H2,1H3,(H,17,20). The minimum absolute atomic E-state index is 0.00980. The fourth-order valence-corrected chi connectivity index (χ4v) is 2.66. The number of benzene rings is 1. The van der Waals surface area contributed by atoms with Crippen LogP contribution in [0.4, 0.5) is 0 Å². The average Bonchev–Trinajstić information content (AvgIpc) is 2.48. The number of carbonyl (C=O) groups is 1. The minimum atomic E-state index is -0.00980. The van der Waals surface area contributed by atoms with Gasteiger partial charge in [-0.3, -0.25) is 4.79 Å². The number of carbonyl (C=O) groups excluding carboxylic acids is 1. The number of piperidine rings is 1. The van der Waals surface area contributed by atoms with Crippen LogP contribution >= 0.6 is 0 Å². The molecule has 0 radical (unpaired) electrons. The zero-order valence-corrected chi connectivity index (χ0v) is 12.1. The molecular weight excluding hydrogens is 252 g/mol. The van der Waals surface area contributed by atoms with Gasteiger partial charge < -0.3 is 15.3 Å². The normalized spacial score (nSPS) is 17.1. The van der Waals surface area contributed by atoms with E-state index in [4.69, 9.17) is 0 Å². The van der Waals surface area contributed by atoms with E-state index in [2.05, 4.69) is 17.1 Å². The smallest absolute Gasteiger partial charge is 0.224 e. The van der Waals surface area contributed by atoms with Crippen LogP contribution in [0.1, 0.15) is 25.3 Å². The molecule has 2 rings (SSSR count). The van der Waals surface area contributed by atoms with Crippen LogP contribution in [-0.4, -0.2) is 42.1 Å². The highest BCUT2D eigenvalue weighted by molar-refractivity contribution is 5.79. The molecule has 0 aromatic heterocycles. The van der Waals surface area contributed by atoms with Crippen molar-refractivity contribution in [3.8, 4) is 5.75 Å². The molecule has 4 nitrogen and oxygen atoms in total. The summed E-state index contributed by atoms with van der Waals surface area (Å²) in [6.45, 7) is 6.33. The summed E-state index contributed by atoms with van der Waals surface area (Å²) in [5, 5.41) is 12.6. The first-order chi connectivity index (χ1) is 9.69. The summed E-state index contributed by atoms with van der Waals surface area (Å²) in [7, 11) is 0. The number of phenols is 1. The number of hydrogen-bond donors (Lipinski definition) is 2. The highest BCUT2D eigenvalue weighted by atomic mass is 16.3. The third kappa shape index (κ3) is 4.23. The van der Waals surface area contributed by atoms with Gasteiger partial charge in [0.2, 0.25) is 5.91 Å². The Morgan fingerprint density at radius 3 is 2.70 bits per heavy atom. The van der Waals surface area contributed by atoms with Crippen molar-refractivity contribution in [2.24, 2.45) is 5.92 Å². The molecule has 2 N–H and O–H groups in total. The molecule has 0 spiro atoms. The summed E-state index contributed by atoms with van der Waals surface area (Å²) < 4.78 is 0. The molecule has 0 unspecified atom stereocenters. The van der Waals surface area contributed by atoms with Gasteiger partial charge in [-0.1, -0.05) is 25.1 Å². The molecule has 1 aliphatic rings. The maximum Gasteiger partial charge on any atom is 0.224 e. The van der Waals surface area contributed by atoms with Crippen molar-refractivity contribution < 1.29 is 9.90 Å². The minimum Gasteiger partial charge on any atom is -0.508 e. The molecule has 1 fully saturated rings. The second-order valence-corrected chi connectivity index (χ2v) is 5.49. The van der Waals surface area contributed by atoms with Gasteiger partial charge in [0.25, 0.3) is 0 Å². The monoisotopic (exact) mass is 276 g/mol. The summed E-state index contributed by atoms with van der Waals surface area (Å²) in [6, 6.07) is 7.00. The average molecular weight is 276 g/mol. The van der Waals surface area contributed by atoms with Crippen molar-refractivity contribution in [2.45, 2.75) is 26.2 Å². The predicted octanol–water partition coefficient (Wildman–Crippen LogP) is 1.78. The zero-order valence-electron chi connectivity index (χ0n) is 12.1. The van der Waals surface area contributed by atoms with Gasteiger partial charge >= 0.3 is 0 Å². The van der Waals surface area contributed by atoms with Gasteiger partial charge in [0.15, 0.2) is 0 Å². The van der Waals surface area contributed by atoms with E-state index in [-0.39, 0.29) is 18.1 Å². The lowest BCUT2D eigenvalue weighted by Crippen LogP contribution is -2.38. The van der Waals surface area contributed by atoms with Crippen LogP contribution in [0.3, 0.4) is 0 Å². The SMILES string of the molecule is CCN1CCC(CNC(=O)Cc2ccccc2O)CC1. The maximum absolute atomic E-state index is 11.9. The third-order valence-corrected chi connectivity index (χ3v) is 4.08. The quantitative estimate of drug-likeness (QED) is 0.862. The first-order valence-electron chi connectivity index (χ1n) is 7.45. The Balaban J connectivity index is 1.72. The van der Waals surface area contributed by atoms with E-state index in [9.17, 15) is 9.90 Å². The van der Waals surface area contributed by atoms with Crippen LogP contribution < -0.4 is 5.32 Å². The summed E-state index contributed by atoms with van der Waals surface area (Å²) in [4.78, 5) is 14.3. The third-order valence-electron chi connectivity index (χ3n) is 4.08. The van der Waals surface area contributed by atoms with Gasteiger partial charge in [0.05, 0.1) is 6.42 Å². The van der Waals surface area contributed by atoms with Gasteiger partial charge in [-0.15, -0.1) is 0 Å². The lowest BCUT2D eigenvalue weighted by molar-refractivity contribution is -0.120. The van der Waals surface area contributed by atoms with Gasteiger partial charge in [-0.2, -0.15) is 0 Å².